The molecule has 1 amide bonds. The molecule has 4 nitrogen and oxygen atoms in total. The van der Waals surface area contributed by atoms with Crippen molar-refractivity contribution in [2.75, 3.05) is 25.0 Å². The zero-order valence-electron chi connectivity index (χ0n) is 13.9. The molecule has 0 aromatic carbocycles. The third kappa shape index (κ3) is 5.37. The van der Waals surface area contributed by atoms with Crippen molar-refractivity contribution in [3.63, 3.8) is 0 Å². The van der Waals surface area contributed by atoms with E-state index in [0.29, 0.717) is 0 Å². The number of aromatic nitrogens is 1. The highest BCUT2D eigenvalue weighted by Gasteiger charge is 2.16. The van der Waals surface area contributed by atoms with E-state index in [2.05, 4.69) is 38.0 Å². The van der Waals surface area contributed by atoms with Gasteiger partial charge in [0, 0.05) is 30.9 Å². The highest BCUT2D eigenvalue weighted by Crippen LogP contribution is 2.14. The summed E-state index contributed by atoms with van der Waals surface area (Å²) in [4.78, 5) is 19.2. The zero-order valence-corrected chi connectivity index (χ0v) is 13.9. The van der Waals surface area contributed by atoms with E-state index in [9.17, 15) is 4.79 Å². The van der Waals surface area contributed by atoms with Gasteiger partial charge in [0.25, 0.3) is 5.91 Å². The van der Waals surface area contributed by atoms with Crippen molar-refractivity contribution < 1.29 is 4.79 Å². The first-order valence-corrected chi connectivity index (χ1v) is 8.20. The number of nitrogens with zero attached hydrogens (tertiary/aromatic N) is 2. The minimum absolute atomic E-state index is 0.121. The van der Waals surface area contributed by atoms with Crippen LogP contribution in [0.2, 0.25) is 0 Å². The molecule has 0 saturated heterocycles. The minimum Gasteiger partial charge on any atom is -0.370 e. The maximum Gasteiger partial charge on any atom is 0.254 e. The van der Waals surface area contributed by atoms with Gasteiger partial charge >= 0.3 is 0 Å². The normalized spacial score (nSPS) is 10.5. The predicted molar refractivity (Wildman–Crippen MR) is 88.9 cm³/mol. The molecular formula is C17H29N3O. The van der Waals surface area contributed by atoms with E-state index in [1.807, 2.05) is 17.0 Å². The standard InChI is InChI=1S/C17H29N3O/c1-5-9-18-16-13-14(12-15(8-4)19-16)17(21)20(10-6-2)11-7-3/h12-13H,5-11H2,1-4H3,(H,18,19). The van der Waals surface area contributed by atoms with Crippen LogP contribution in [0.4, 0.5) is 5.82 Å². The molecule has 1 rings (SSSR count). The number of carbonyl (C=O) groups excluding carboxylic acids is 1. The first-order valence-electron chi connectivity index (χ1n) is 8.20. The van der Waals surface area contributed by atoms with Gasteiger partial charge in [-0.3, -0.25) is 4.79 Å². The van der Waals surface area contributed by atoms with Crippen LogP contribution < -0.4 is 5.32 Å². The molecule has 0 atom stereocenters. The van der Waals surface area contributed by atoms with Crippen LogP contribution in [0, 0.1) is 0 Å². The average Bonchev–Trinajstić information content (AvgIpc) is 2.51. The van der Waals surface area contributed by atoms with Gasteiger partial charge in [-0.15, -0.1) is 0 Å². The molecule has 4 heteroatoms. The van der Waals surface area contributed by atoms with Crippen LogP contribution in [0.1, 0.15) is 63.0 Å². The molecule has 0 aliphatic rings. The Morgan fingerprint density at radius 1 is 1.10 bits per heavy atom. The quantitative estimate of drug-likeness (QED) is 0.754. The summed E-state index contributed by atoms with van der Waals surface area (Å²) in [7, 11) is 0. The molecule has 0 radical (unpaired) electrons. The Balaban J connectivity index is 2.99. The second kappa shape index (κ2) is 9.37. The summed E-state index contributed by atoms with van der Waals surface area (Å²) in [6.07, 6.45) is 3.85. The molecule has 0 spiro atoms. The smallest absolute Gasteiger partial charge is 0.254 e. The summed E-state index contributed by atoms with van der Waals surface area (Å²) in [5, 5.41) is 3.29. The van der Waals surface area contributed by atoms with Gasteiger partial charge in [-0.2, -0.15) is 0 Å². The van der Waals surface area contributed by atoms with Crippen LogP contribution >= 0.6 is 0 Å². The van der Waals surface area contributed by atoms with Gasteiger partial charge in [0.2, 0.25) is 0 Å². The predicted octanol–water partition coefficient (Wildman–Crippen LogP) is 3.73. The van der Waals surface area contributed by atoms with Crippen molar-refractivity contribution in [1.82, 2.24) is 9.88 Å². The van der Waals surface area contributed by atoms with Crippen LogP contribution in [-0.2, 0) is 6.42 Å². The van der Waals surface area contributed by atoms with Gasteiger partial charge in [-0.05, 0) is 37.8 Å². The molecule has 1 heterocycles. The molecule has 21 heavy (non-hydrogen) atoms. The van der Waals surface area contributed by atoms with Crippen LogP contribution in [0.25, 0.3) is 0 Å². The fourth-order valence-corrected chi connectivity index (χ4v) is 2.27. The van der Waals surface area contributed by atoms with Crippen LogP contribution in [0.5, 0.6) is 0 Å². The van der Waals surface area contributed by atoms with Crippen molar-refractivity contribution in [2.45, 2.75) is 53.4 Å². The molecule has 1 aromatic rings. The summed E-state index contributed by atoms with van der Waals surface area (Å²) in [5.41, 5.74) is 1.72. The third-order valence-corrected chi connectivity index (χ3v) is 3.32. The summed E-state index contributed by atoms with van der Waals surface area (Å²) in [6, 6.07) is 3.81. The number of amides is 1. The summed E-state index contributed by atoms with van der Waals surface area (Å²) >= 11 is 0. The van der Waals surface area contributed by atoms with E-state index in [4.69, 9.17) is 0 Å². The molecular weight excluding hydrogens is 262 g/mol. The van der Waals surface area contributed by atoms with E-state index in [1.54, 1.807) is 0 Å². The number of nitrogens with one attached hydrogen (secondary N) is 1. The Morgan fingerprint density at radius 2 is 1.76 bits per heavy atom. The van der Waals surface area contributed by atoms with E-state index in [1.165, 1.54) is 0 Å². The van der Waals surface area contributed by atoms with Gasteiger partial charge in [0.15, 0.2) is 0 Å². The molecule has 1 N–H and O–H groups in total. The Hall–Kier alpha value is -1.58. The number of hydrogen-bond donors (Lipinski definition) is 1. The van der Waals surface area contributed by atoms with Crippen molar-refractivity contribution in [3.8, 4) is 0 Å². The Labute approximate surface area is 129 Å². The van der Waals surface area contributed by atoms with Crippen molar-refractivity contribution >= 4 is 11.7 Å². The number of aryl methyl sites for hydroxylation is 1. The van der Waals surface area contributed by atoms with E-state index in [-0.39, 0.29) is 5.91 Å². The molecule has 0 aliphatic heterocycles. The second-order valence-corrected chi connectivity index (χ2v) is 5.30. The first-order chi connectivity index (χ1) is 10.2. The molecule has 118 valence electrons. The maximum atomic E-state index is 12.7. The zero-order chi connectivity index (χ0) is 15.7. The monoisotopic (exact) mass is 291 g/mol. The van der Waals surface area contributed by atoms with Crippen LogP contribution in [-0.4, -0.2) is 35.4 Å². The van der Waals surface area contributed by atoms with Gasteiger partial charge in [0.05, 0.1) is 0 Å². The van der Waals surface area contributed by atoms with Gasteiger partial charge < -0.3 is 10.2 Å². The van der Waals surface area contributed by atoms with Crippen molar-refractivity contribution in [1.29, 1.82) is 0 Å². The van der Waals surface area contributed by atoms with Gasteiger partial charge in [-0.25, -0.2) is 4.98 Å². The fourth-order valence-electron chi connectivity index (χ4n) is 2.27. The molecule has 0 bridgehead atoms. The first kappa shape index (κ1) is 17.5. The van der Waals surface area contributed by atoms with Gasteiger partial charge in [-0.1, -0.05) is 27.7 Å². The molecule has 0 fully saturated rings. The molecule has 0 unspecified atom stereocenters. The topological polar surface area (TPSA) is 45.2 Å². The highest BCUT2D eigenvalue weighted by atomic mass is 16.2. The summed E-state index contributed by atoms with van der Waals surface area (Å²) in [6.45, 7) is 10.9. The number of hydrogen-bond acceptors (Lipinski definition) is 3. The Kier molecular flexibility index (Phi) is 7.80. The molecule has 0 aliphatic carbocycles. The summed E-state index contributed by atoms with van der Waals surface area (Å²) in [5.74, 6) is 0.933. The average molecular weight is 291 g/mol. The van der Waals surface area contributed by atoms with Crippen molar-refractivity contribution in [3.05, 3.63) is 23.4 Å². The Bertz CT molecular complexity index is 440. The third-order valence-electron chi connectivity index (χ3n) is 3.32. The number of rotatable bonds is 9. The van der Waals surface area contributed by atoms with Crippen LogP contribution in [0.3, 0.4) is 0 Å². The van der Waals surface area contributed by atoms with E-state index >= 15 is 0 Å². The Morgan fingerprint density at radius 3 is 2.29 bits per heavy atom. The largest absolute Gasteiger partial charge is 0.370 e. The lowest BCUT2D eigenvalue weighted by Gasteiger charge is -2.22. The lowest BCUT2D eigenvalue weighted by molar-refractivity contribution is 0.0755. The van der Waals surface area contributed by atoms with E-state index in [0.717, 1.165) is 62.4 Å². The SMILES string of the molecule is CCCNc1cc(C(=O)N(CCC)CCC)cc(CC)n1. The van der Waals surface area contributed by atoms with E-state index < -0.39 is 0 Å². The fraction of sp³-hybridized carbons (Fsp3) is 0.647. The lowest BCUT2D eigenvalue weighted by atomic mass is 10.1. The number of anilines is 1. The van der Waals surface area contributed by atoms with Gasteiger partial charge in [0.1, 0.15) is 5.82 Å². The number of carbonyl (C=O) groups is 1. The number of pyridine rings is 1. The maximum absolute atomic E-state index is 12.7. The highest BCUT2D eigenvalue weighted by molar-refractivity contribution is 5.95. The minimum atomic E-state index is 0.121. The molecule has 0 saturated carbocycles. The van der Waals surface area contributed by atoms with Crippen LogP contribution in [0.15, 0.2) is 12.1 Å². The second-order valence-electron chi connectivity index (χ2n) is 5.30. The lowest BCUT2D eigenvalue weighted by Crippen LogP contribution is -2.32. The van der Waals surface area contributed by atoms with Crippen molar-refractivity contribution in [2.24, 2.45) is 0 Å². The summed E-state index contributed by atoms with van der Waals surface area (Å²) < 4.78 is 0. The molecule has 1 aromatic heterocycles.